The van der Waals surface area contributed by atoms with Gasteiger partial charge in [-0.1, -0.05) is 30.0 Å². The Morgan fingerprint density at radius 1 is 1.17 bits per heavy atom. The molecular formula is C14H18O3S. The average Bonchev–Trinajstić information content (AvgIpc) is 2.65. The molecule has 0 fully saturated rings. The van der Waals surface area contributed by atoms with Gasteiger partial charge in [-0.05, 0) is 26.0 Å². The molecular weight excluding hydrogens is 248 g/mol. The Morgan fingerprint density at radius 2 is 1.78 bits per heavy atom. The van der Waals surface area contributed by atoms with Gasteiger partial charge in [0.2, 0.25) is 0 Å². The maximum atomic E-state index is 5.76. The van der Waals surface area contributed by atoms with E-state index in [0.29, 0.717) is 0 Å². The van der Waals surface area contributed by atoms with Crippen molar-refractivity contribution in [2.24, 2.45) is 5.92 Å². The minimum atomic E-state index is -0.985. The van der Waals surface area contributed by atoms with E-state index in [0.717, 1.165) is 10.7 Å². The third kappa shape index (κ3) is 2.28. The first-order valence-corrected chi connectivity index (χ1v) is 6.67. The third-order valence-corrected chi connectivity index (χ3v) is 4.47. The number of ether oxygens (including phenoxy) is 3. The van der Waals surface area contributed by atoms with E-state index in [1.807, 2.05) is 25.1 Å². The average molecular weight is 266 g/mol. The smallest absolute Gasteiger partial charge is 0.333 e. The standard InChI is InChI=1S/C14H18O3S/c1-10-13(18-12-8-6-5-7-9-12)11(2)17-14(10,15-3)16-4/h5-10H,1-4H3. The molecule has 1 heterocycles. The number of thioether (sulfide) groups is 1. The van der Waals surface area contributed by atoms with Crippen LogP contribution >= 0.6 is 11.8 Å². The molecule has 18 heavy (non-hydrogen) atoms. The van der Waals surface area contributed by atoms with Crippen LogP contribution in [0.2, 0.25) is 0 Å². The van der Waals surface area contributed by atoms with E-state index in [9.17, 15) is 0 Å². The zero-order chi connectivity index (χ0) is 13.2. The summed E-state index contributed by atoms with van der Waals surface area (Å²) in [4.78, 5) is 2.33. The van der Waals surface area contributed by atoms with Crippen LogP contribution in [0.5, 0.6) is 0 Å². The Kier molecular flexibility index (Phi) is 4.00. The molecule has 3 nitrogen and oxygen atoms in total. The van der Waals surface area contributed by atoms with E-state index < -0.39 is 5.97 Å². The van der Waals surface area contributed by atoms with Crippen LogP contribution in [-0.2, 0) is 14.2 Å². The molecule has 0 N–H and O–H groups in total. The molecule has 1 aromatic carbocycles. The maximum absolute atomic E-state index is 5.76. The van der Waals surface area contributed by atoms with Crippen LogP contribution in [0.3, 0.4) is 0 Å². The first kappa shape index (κ1) is 13.5. The third-order valence-electron chi connectivity index (χ3n) is 3.11. The van der Waals surface area contributed by atoms with E-state index in [2.05, 4.69) is 19.1 Å². The lowest BCUT2D eigenvalue weighted by Crippen LogP contribution is -2.39. The van der Waals surface area contributed by atoms with Crippen molar-refractivity contribution < 1.29 is 14.2 Å². The van der Waals surface area contributed by atoms with Gasteiger partial charge in [-0.3, -0.25) is 0 Å². The fraction of sp³-hybridized carbons (Fsp3) is 0.429. The molecule has 0 amide bonds. The lowest BCUT2D eigenvalue weighted by atomic mass is 10.1. The second-order valence-corrected chi connectivity index (χ2v) is 5.29. The van der Waals surface area contributed by atoms with Crippen molar-refractivity contribution in [2.75, 3.05) is 14.2 Å². The summed E-state index contributed by atoms with van der Waals surface area (Å²) in [5.74, 6) is -0.0842. The van der Waals surface area contributed by atoms with Gasteiger partial charge in [0, 0.05) is 24.0 Å². The lowest BCUT2D eigenvalue weighted by Gasteiger charge is -2.29. The molecule has 0 saturated heterocycles. The van der Waals surface area contributed by atoms with Crippen LogP contribution < -0.4 is 0 Å². The minimum Gasteiger partial charge on any atom is -0.443 e. The second-order valence-electron chi connectivity index (χ2n) is 4.17. The fourth-order valence-electron chi connectivity index (χ4n) is 2.11. The van der Waals surface area contributed by atoms with Gasteiger partial charge in [-0.2, -0.15) is 0 Å². The highest BCUT2D eigenvalue weighted by Crippen LogP contribution is 2.47. The molecule has 0 bridgehead atoms. The highest BCUT2D eigenvalue weighted by molar-refractivity contribution is 8.03. The van der Waals surface area contributed by atoms with Gasteiger partial charge in [0.1, 0.15) is 5.76 Å². The van der Waals surface area contributed by atoms with Crippen molar-refractivity contribution in [3.8, 4) is 0 Å². The van der Waals surface area contributed by atoms with Crippen molar-refractivity contribution in [3.05, 3.63) is 41.0 Å². The predicted octanol–water partition coefficient (Wildman–Crippen LogP) is 3.62. The number of benzene rings is 1. The van der Waals surface area contributed by atoms with Crippen molar-refractivity contribution in [2.45, 2.75) is 24.7 Å². The lowest BCUT2D eigenvalue weighted by molar-refractivity contribution is -0.352. The van der Waals surface area contributed by atoms with Crippen molar-refractivity contribution in [1.29, 1.82) is 0 Å². The van der Waals surface area contributed by atoms with Gasteiger partial charge in [0.15, 0.2) is 0 Å². The van der Waals surface area contributed by atoms with Crippen LogP contribution in [0.15, 0.2) is 45.9 Å². The van der Waals surface area contributed by atoms with Crippen LogP contribution in [0.25, 0.3) is 0 Å². The number of hydrogen-bond acceptors (Lipinski definition) is 4. The molecule has 1 unspecified atom stereocenters. The Balaban J connectivity index is 2.21. The summed E-state index contributed by atoms with van der Waals surface area (Å²) < 4.78 is 16.6. The van der Waals surface area contributed by atoms with Crippen molar-refractivity contribution >= 4 is 11.8 Å². The second kappa shape index (κ2) is 5.34. The zero-order valence-electron chi connectivity index (χ0n) is 11.1. The quantitative estimate of drug-likeness (QED) is 0.778. The number of rotatable bonds is 4. The first-order chi connectivity index (χ1) is 8.63. The van der Waals surface area contributed by atoms with E-state index in [4.69, 9.17) is 14.2 Å². The molecule has 1 aliphatic heterocycles. The largest absolute Gasteiger partial charge is 0.443 e. The van der Waals surface area contributed by atoms with Crippen molar-refractivity contribution in [1.82, 2.24) is 0 Å². The molecule has 0 aliphatic carbocycles. The van der Waals surface area contributed by atoms with E-state index in [1.54, 1.807) is 26.0 Å². The maximum Gasteiger partial charge on any atom is 0.333 e. The van der Waals surface area contributed by atoms with Gasteiger partial charge in [0.05, 0.1) is 5.92 Å². The van der Waals surface area contributed by atoms with Gasteiger partial charge < -0.3 is 14.2 Å². The molecule has 4 heteroatoms. The summed E-state index contributed by atoms with van der Waals surface area (Å²) in [5, 5.41) is 0. The summed E-state index contributed by atoms with van der Waals surface area (Å²) in [6.07, 6.45) is 0. The number of allylic oxidation sites excluding steroid dienone is 1. The Bertz CT molecular complexity index is 438. The SMILES string of the molecule is COC1(OC)OC(C)=C(Sc2ccccc2)C1C. The minimum absolute atomic E-state index is 0.0395. The zero-order valence-corrected chi connectivity index (χ0v) is 11.9. The summed E-state index contributed by atoms with van der Waals surface area (Å²) in [6, 6.07) is 10.2. The van der Waals surface area contributed by atoms with Crippen LogP contribution in [-0.4, -0.2) is 20.2 Å². The summed E-state index contributed by atoms with van der Waals surface area (Å²) in [5.41, 5.74) is 0. The molecule has 2 rings (SSSR count). The highest BCUT2D eigenvalue weighted by Gasteiger charge is 2.48. The van der Waals surface area contributed by atoms with Gasteiger partial charge >= 0.3 is 5.97 Å². The van der Waals surface area contributed by atoms with E-state index >= 15 is 0 Å². The molecule has 1 aliphatic rings. The van der Waals surface area contributed by atoms with Crippen LogP contribution in [0, 0.1) is 5.92 Å². The summed E-state index contributed by atoms with van der Waals surface area (Å²) in [7, 11) is 3.20. The summed E-state index contributed by atoms with van der Waals surface area (Å²) >= 11 is 1.70. The monoisotopic (exact) mass is 266 g/mol. The topological polar surface area (TPSA) is 27.7 Å². The first-order valence-electron chi connectivity index (χ1n) is 5.86. The molecule has 0 aromatic heterocycles. The molecule has 0 saturated carbocycles. The molecule has 98 valence electrons. The highest BCUT2D eigenvalue weighted by atomic mass is 32.2. The predicted molar refractivity (Wildman–Crippen MR) is 72.0 cm³/mol. The van der Waals surface area contributed by atoms with E-state index in [-0.39, 0.29) is 5.92 Å². The number of methoxy groups -OCH3 is 2. The molecule has 1 aromatic rings. The van der Waals surface area contributed by atoms with Gasteiger partial charge in [-0.25, -0.2) is 0 Å². The van der Waals surface area contributed by atoms with Crippen molar-refractivity contribution in [3.63, 3.8) is 0 Å². The van der Waals surface area contributed by atoms with Crippen LogP contribution in [0.1, 0.15) is 13.8 Å². The van der Waals surface area contributed by atoms with Gasteiger partial charge in [-0.15, -0.1) is 0 Å². The fourth-order valence-corrected chi connectivity index (χ4v) is 3.17. The molecule has 0 spiro atoms. The number of hydrogen-bond donors (Lipinski definition) is 0. The Labute approximate surface area is 112 Å². The summed E-state index contributed by atoms with van der Waals surface area (Å²) in [6.45, 7) is 4.00. The van der Waals surface area contributed by atoms with Gasteiger partial charge in [0.25, 0.3) is 0 Å². The normalized spacial score (nSPS) is 22.1. The Morgan fingerprint density at radius 3 is 2.28 bits per heavy atom. The Hall–Kier alpha value is -0.970. The van der Waals surface area contributed by atoms with Crippen LogP contribution in [0.4, 0.5) is 0 Å². The van der Waals surface area contributed by atoms with E-state index in [1.165, 1.54) is 4.90 Å². The molecule has 0 radical (unpaired) electrons. The molecule has 1 atom stereocenters.